The van der Waals surface area contributed by atoms with Crippen molar-refractivity contribution in [3.05, 3.63) is 89.0 Å². The second-order valence-electron chi connectivity index (χ2n) is 10.2. The molecule has 0 radical (unpaired) electrons. The Morgan fingerprint density at radius 3 is 2.17 bits per heavy atom. The van der Waals surface area contributed by atoms with Gasteiger partial charge in [-0.2, -0.15) is 0 Å². The largest absolute Gasteiger partial charge is 0.497 e. The average Bonchev–Trinajstić information content (AvgIpc) is 3.51. The second-order valence-corrected chi connectivity index (χ2v) is 10.2. The maximum atomic E-state index is 6.20. The quantitative estimate of drug-likeness (QED) is 0.387. The van der Waals surface area contributed by atoms with E-state index in [0.717, 1.165) is 36.2 Å². The van der Waals surface area contributed by atoms with Crippen molar-refractivity contribution < 1.29 is 14.2 Å². The third-order valence-corrected chi connectivity index (χ3v) is 7.88. The van der Waals surface area contributed by atoms with E-state index in [1.54, 1.807) is 14.2 Å². The maximum Gasteiger partial charge on any atom is 0.119 e. The Hall–Kier alpha value is -2.98. The van der Waals surface area contributed by atoms with Crippen molar-refractivity contribution in [2.45, 2.75) is 44.6 Å². The van der Waals surface area contributed by atoms with Crippen molar-refractivity contribution >= 4 is 0 Å². The van der Waals surface area contributed by atoms with Crippen LogP contribution in [0.5, 0.6) is 17.2 Å². The topological polar surface area (TPSA) is 30.9 Å². The highest BCUT2D eigenvalue weighted by molar-refractivity contribution is 5.51. The van der Waals surface area contributed by atoms with Gasteiger partial charge in [0.25, 0.3) is 0 Å². The van der Waals surface area contributed by atoms with E-state index in [4.69, 9.17) is 14.2 Å². The van der Waals surface area contributed by atoms with Crippen molar-refractivity contribution in [1.82, 2.24) is 4.90 Å². The summed E-state index contributed by atoms with van der Waals surface area (Å²) in [6, 6.07) is 24.3. The molecule has 2 aliphatic rings. The molecule has 4 nitrogen and oxygen atoms in total. The van der Waals surface area contributed by atoms with E-state index in [2.05, 4.69) is 85.5 Å². The van der Waals surface area contributed by atoms with Crippen LogP contribution in [0.25, 0.3) is 0 Å². The van der Waals surface area contributed by atoms with Crippen LogP contribution in [-0.4, -0.2) is 44.9 Å². The summed E-state index contributed by atoms with van der Waals surface area (Å²) >= 11 is 0. The van der Waals surface area contributed by atoms with Crippen molar-refractivity contribution in [2.75, 3.05) is 33.9 Å². The molecule has 3 aromatic carbocycles. The Morgan fingerprint density at radius 2 is 1.51 bits per heavy atom. The maximum absolute atomic E-state index is 6.20. The van der Waals surface area contributed by atoms with Gasteiger partial charge >= 0.3 is 0 Å². The zero-order valence-electron chi connectivity index (χ0n) is 21.4. The van der Waals surface area contributed by atoms with Gasteiger partial charge in [0.2, 0.25) is 0 Å². The molecule has 1 saturated heterocycles. The first-order chi connectivity index (χ1) is 17.1. The highest BCUT2D eigenvalue weighted by Crippen LogP contribution is 2.49. The van der Waals surface area contributed by atoms with Crippen molar-refractivity contribution in [3.63, 3.8) is 0 Å². The fourth-order valence-corrected chi connectivity index (χ4v) is 5.80. The van der Waals surface area contributed by atoms with Crippen LogP contribution in [0.1, 0.15) is 54.4 Å². The number of hydrogen-bond acceptors (Lipinski definition) is 4. The zero-order valence-corrected chi connectivity index (χ0v) is 21.4. The first-order valence-electron chi connectivity index (χ1n) is 12.8. The van der Waals surface area contributed by atoms with Gasteiger partial charge < -0.3 is 14.2 Å². The predicted octanol–water partition coefficient (Wildman–Crippen LogP) is 6.28. The lowest BCUT2D eigenvalue weighted by atomic mass is 9.82. The van der Waals surface area contributed by atoms with Gasteiger partial charge in [-0.1, -0.05) is 37.3 Å². The number of ether oxygens (including phenoxy) is 3. The second kappa shape index (κ2) is 10.3. The van der Waals surface area contributed by atoms with Crippen LogP contribution >= 0.6 is 0 Å². The summed E-state index contributed by atoms with van der Waals surface area (Å²) in [5.74, 6) is 4.21. The van der Waals surface area contributed by atoms with Crippen LogP contribution in [-0.2, 0) is 6.42 Å². The number of hydrogen-bond donors (Lipinski definition) is 0. The van der Waals surface area contributed by atoms with Crippen molar-refractivity contribution in [1.29, 1.82) is 0 Å². The van der Waals surface area contributed by atoms with E-state index in [0.29, 0.717) is 17.9 Å². The van der Waals surface area contributed by atoms with Crippen molar-refractivity contribution in [2.24, 2.45) is 5.92 Å². The molecule has 4 heteroatoms. The molecule has 0 amide bonds. The van der Waals surface area contributed by atoms with Crippen molar-refractivity contribution in [3.8, 4) is 17.2 Å². The molecule has 0 aromatic heterocycles. The van der Waals surface area contributed by atoms with Crippen LogP contribution in [0.4, 0.5) is 0 Å². The Balaban J connectivity index is 1.36. The number of benzene rings is 3. The first-order valence-corrected chi connectivity index (χ1v) is 12.8. The van der Waals surface area contributed by atoms with E-state index in [9.17, 15) is 0 Å². The predicted molar refractivity (Wildman–Crippen MR) is 141 cm³/mol. The minimum atomic E-state index is 0.295. The molecule has 1 heterocycles. The van der Waals surface area contributed by atoms with Crippen LogP contribution in [0.3, 0.4) is 0 Å². The molecular formula is C31H37NO3. The standard InChI is InChI=1S/C31H37NO3/c1-21-15-16-32(19-21)22(2)20-35-27-11-7-24(8-12-27)31-29-14-13-28(34-4)17-25(29)18-30(31)23-5-9-26(33-3)10-6-23/h5-14,17,21-22,30-31H,15-16,18-20H2,1-4H3/t21-,22+,30?,31?/m1/s1. The fourth-order valence-electron chi connectivity index (χ4n) is 5.80. The van der Waals surface area contributed by atoms with Gasteiger partial charge in [-0.05, 0) is 96.8 Å². The fraction of sp³-hybridized carbons (Fsp3) is 0.419. The third kappa shape index (κ3) is 5.04. The van der Waals surface area contributed by atoms with Crippen LogP contribution in [0.2, 0.25) is 0 Å². The molecule has 3 aromatic rings. The summed E-state index contributed by atoms with van der Waals surface area (Å²) in [6.45, 7) is 7.70. The molecule has 0 bridgehead atoms. The van der Waals surface area contributed by atoms with Gasteiger partial charge in [0.1, 0.15) is 23.9 Å². The Labute approximate surface area is 209 Å². The minimum Gasteiger partial charge on any atom is -0.497 e. The SMILES string of the molecule is COc1ccc(C2Cc3cc(OC)ccc3C2c2ccc(OC[C@H](C)N3CC[C@@H](C)C3)cc2)cc1. The molecule has 1 aliphatic carbocycles. The monoisotopic (exact) mass is 471 g/mol. The Kier molecular flexibility index (Phi) is 7.01. The molecule has 0 saturated carbocycles. The van der Waals surface area contributed by atoms with E-state index in [-0.39, 0.29) is 0 Å². The molecule has 1 fully saturated rings. The van der Waals surface area contributed by atoms with E-state index in [1.807, 2.05) is 0 Å². The normalized spacial score (nSPS) is 22.6. The number of nitrogens with zero attached hydrogens (tertiary/aromatic N) is 1. The molecule has 0 N–H and O–H groups in total. The van der Waals surface area contributed by atoms with E-state index >= 15 is 0 Å². The minimum absolute atomic E-state index is 0.295. The molecule has 0 spiro atoms. The van der Waals surface area contributed by atoms with Crippen LogP contribution in [0, 0.1) is 5.92 Å². The lowest BCUT2D eigenvalue weighted by molar-refractivity contribution is 0.169. The number of rotatable bonds is 8. The lowest BCUT2D eigenvalue weighted by Crippen LogP contribution is -2.35. The number of methoxy groups -OCH3 is 2. The molecule has 2 unspecified atom stereocenters. The van der Waals surface area contributed by atoms with Crippen LogP contribution < -0.4 is 14.2 Å². The summed E-state index contributed by atoms with van der Waals surface area (Å²) in [7, 11) is 3.45. The summed E-state index contributed by atoms with van der Waals surface area (Å²) in [6.07, 6.45) is 2.29. The number of fused-ring (bicyclic) bond motifs is 1. The Morgan fingerprint density at radius 1 is 0.857 bits per heavy atom. The van der Waals surface area contributed by atoms with Gasteiger partial charge in [-0.25, -0.2) is 0 Å². The summed E-state index contributed by atoms with van der Waals surface area (Å²) in [4.78, 5) is 2.54. The Bertz CT molecular complexity index is 1120. The van der Waals surface area contributed by atoms with Gasteiger partial charge in [0, 0.05) is 18.5 Å². The average molecular weight is 472 g/mol. The molecule has 35 heavy (non-hydrogen) atoms. The summed E-state index contributed by atoms with van der Waals surface area (Å²) in [5, 5.41) is 0. The van der Waals surface area contributed by atoms with Gasteiger partial charge in [-0.3, -0.25) is 4.90 Å². The molecule has 5 rings (SSSR count). The summed E-state index contributed by atoms with van der Waals surface area (Å²) < 4.78 is 17.1. The zero-order chi connectivity index (χ0) is 24.4. The van der Waals surface area contributed by atoms with Gasteiger partial charge in [0.15, 0.2) is 0 Å². The first kappa shape index (κ1) is 23.7. The smallest absolute Gasteiger partial charge is 0.119 e. The van der Waals surface area contributed by atoms with E-state index in [1.165, 1.54) is 41.8 Å². The third-order valence-electron chi connectivity index (χ3n) is 7.88. The van der Waals surface area contributed by atoms with Gasteiger partial charge in [-0.15, -0.1) is 0 Å². The number of likely N-dealkylation sites (tertiary alicyclic amines) is 1. The van der Waals surface area contributed by atoms with Crippen LogP contribution in [0.15, 0.2) is 66.7 Å². The molecular weight excluding hydrogens is 434 g/mol. The van der Waals surface area contributed by atoms with E-state index < -0.39 is 0 Å². The molecule has 184 valence electrons. The highest BCUT2D eigenvalue weighted by atomic mass is 16.5. The molecule has 4 atom stereocenters. The molecule has 1 aliphatic heterocycles. The highest BCUT2D eigenvalue weighted by Gasteiger charge is 2.35. The lowest BCUT2D eigenvalue weighted by Gasteiger charge is -2.25. The van der Waals surface area contributed by atoms with Gasteiger partial charge in [0.05, 0.1) is 14.2 Å². The summed E-state index contributed by atoms with van der Waals surface area (Å²) in [5.41, 5.74) is 5.41.